The molecule has 0 saturated carbocycles. The van der Waals surface area contributed by atoms with Gasteiger partial charge >= 0.3 is 0 Å². The summed E-state index contributed by atoms with van der Waals surface area (Å²) in [5.41, 5.74) is 1.07. The summed E-state index contributed by atoms with van der Waals surface area (Å²) in [6.45, 7) is 3.56. The molecule has 2 N–H and O–H groups in total. The topological polar surface area (TPSA) is 71.0 Å². The highest BCUT2D eigenvalue weighted by Crippen LogP contribution is 2.38. The summed E-state index contributed by atoms with van der Waals surface area (Å²) in [7, 11) is 1.63. The van der Waals surface area contributed by atoms with E-state index in [0.717, 1.165) is 36.6 Å². The first kappa shape index (κ1) is 16.1. The van der Waals surface area contributed by atoms with Crippen LogP contribution >= 0.6 is 0 Å². The van der Waals surface area contributed by atoms with Gasteiger partial charge in [0.25, 0.3) is 0 Å². The molecule has 2 atom stereocenters. The molecule has 0 bridgehead atoms. The molecular weight excluding hydrogens is 296 g/mol. The summed E-state index contributed by atoms with van der Waals surface area (Å²) in [5.74, 6) is 1.72. The van der Waals surface area contributed by atoms with Crippen LogP contribution in [0.5, 0.6) is 11.5 Å². The number of ether oxygens (including phenoxy) is 2. The van der Waals surface area contributed by atoms with Gasteiger partial charge in [0, 0.05) is 50.1 Å². The van der Waals surface area contributed by atoms with Crippen molar-refractivity contribution < 1.29 is 19.4 Å². The zero-order valence-corrected chi connectivity index (χ0v) is 13.5. The summed E-state index contributed by atoms with van der Waals surface area (Å²) in [6, 6.07) is 5.74. The number of nitrogens with one attached hydrogen (secondary N) is 1. The Bertz CT molecular complexity index is 564. The minimum absolute atomic E-state index is 0.0435. The highest BCUT2D eigenvalue weighted by atomic mass is 16.5. The lowest BCUT2D eigenvalue weighted by Crippen LogP contribution is -2.34. The molecule has 1 aromatic rings. The molecule has 2 aliphatic rings. The molecule has 0 radical (unpaired) electrons. The maximum absolute atomic E-state index is 12.1. The summed E-state index contributed by atoms with van der Waals surface area (Å²) in [6.07, 6.45) is 1.05. The van der Waals surface area contributed by atoms with Gasteiger partial charge in [0.15, 0.2) is 0 Å². The molecule has 1 unspecified atom stereocenters. The van der Waals surface area contributed by atoms with Crippen LogP contribution in [0.25, 0.3) is 0 Å². The number of hydrogen-bond acceptors (Lipinski definition) is 5. The van der Waals surface area contributed by atoms with Gasteiger partial charge < -0.3 is 19.9 Å². The van der Waals surface area contributed by atoms with Crippen LogP contribution < -0.4 is 14.8 Å². The molecule has 1 aromatic carbocycles. The molecule has 3 rings (SSSR count). The smallest absolute Gasteiger partial charge is 0.220 e. The average molecular weight is 320 g/mol. The maximum Gasteiger partial charge on any atom is 0.220 e. The monoisotopic (exact) mass is 320 g/mol. The summed E-state index contributed by atoms with van der Waals surface area (Å²) < 4.78 is 10.8. The van der Waals surface area contributed by atoms with E-state index in [-0.39, 0.29) is 17.9 Å². The summed E-state index contributed by atoms with van der Waals surface area (Å²) >= 11 is 0. The van der Waals surface area contributed by atoms with Gasteiger partial charge in [0.1, 0.15) is 11.5 Å². The van der Waals surface area contributed by atoms with E-state index in [9.17, 15) is 9.90 Å². The van der Waals surface area contributed by atoms with E-state index in [1.807, 2.05) is 18.2 Å². The number of aliphatic hydroxyl groups is 1. The fraction of sp³-hybridized carbons (Fsp3) is 0.588. The van der Waals surface area contributed by atoms with Crippen LogP contribution in [0.3, 0.4) is 0 Å². The van der Waals surface area contributed by atoms with Gasteiger partial charge in [-0.15, -0.1) is 0 Å². The van der Waals surface area contributed by atoms with Crippen LogP contribution in [0.2, 0.25) is 0 Å². The van der Waals surface area contributed by atoms with Gasteiger partial charge in [-0.25, -0.2) is 0 Å². The Morgan fingerprint density at radius 2 is 2.39 bits per heavy atom. The second-order valence-electron chi connectivity index (χ2n) is 6.21. The molecule has 0 aliphatic carbocycles. The van der Waals surface area contributed by atoms with E-state index in [1.165, 1.54) is 0 Å². The van der Waals surface area contributed by atoms with Crippen molar-refractivity contribution in [3.8, 4) is 11.5 Å². The number of fused-ring (bicyclic) bond motifs is 1. The second kappa shape index (κ2) is 7.19. The minimum atomic E-state index is -0.213. The third-order valence-electron chi connectivity index (χ3n) is 4.53. The molecule has 6 heteroatoms. The molecule has 6 nitrogen and oxygen atoms in total. The Kier molecular flexibility index (Phi) is 5.03. The number of β-amino-alcohol motifs (C(OH)–C–C–N with tert-alkyl or cyclic N) is 1. The van der Waals surface area contributed by atoms with Crippen LogP contribution in [-0.2, 0) is 4.79 Å². The van der Waals surface area contributed by atoms with E-state index >= 15 is 0 Å². The molecule has 2 heterocycles. The number of amides is 1. The van der Waals surface area contributed by atoms with Crippen molar-refractivity contribution in [1.82, 2.24) is 10.2 Å². The zero-order valence-electron chi connectivity index (χ0n) is 13.5. The number of methoxy groups -OCH3 is 1. The van der Waals surface area contributed by atoms with Crippen molar-refractivity contribution in [1.29, 1.82) is 0 Å². The van der Waals surface area contributed by atoms with Crippen LogP contribution in [0.1, 0.15) is 24.3 Å². The van der Waals surface area contributed by atoms with Crippen molar-refractivity contribution >= 4 is 5.91 Å². The number of hydrogen-bond donors (Lipinski definition) is 2. The molecular formula is C17H24N2O4. The summed E-state index contributed by atoms with van der Waals surface area (Å²) in [5, 5.41) is 12.4. The minimum Gasteiger partial charge on any atom is -0.497 e. The van der Waals surface area contributed by atoms with Crippen molar-refractivity contribution in [3.05, 3.63) is 23.8 Å². The number of rotatable bonds is 6. The number of likely N-dealkylation sites (tertiary alicyclic amines) is 1. The van der Waals surface area contributed by atoms with Crippen LogP contribution in [0.4, 0.5) is 0 Å². The number of aliphatic hydroxyl groups excluding tert-OH is 1. The molecule has 1 amide bonds. The standard InChI is InChI=1S/C17H24N2O4/c1-22-14-2-3-15-12(11-23-16(15)9-14)8-17(21)18-5-7-19-6-4-13(20)10-19/h2-3,9,12-13,20H,4-8,10-11H2,1H3,(H,18,21)/t12?,13-/m0/s1. The third kappa shape index (κ3) is 3.95. The largest absolute Gasteiger partial charge is 0.497 e. The second-order valence-corrected chi connectivity index (χ2v) is 6.21. The SMILES string of the molecule is COc1ccc2c(c1)OCC2CC(=O)NCCN1CC[C@H](O)C1. The Morgan fingerprint density at radius 1 is 1.52 bits per heavy atom. The van der Waals surface area contributed by atoms with E-state index in [4.69, 9.17) is 9.47 Å². The molecule has 0 aromatic heterocycles. The van der Waals surface area contributed by atoms with E-state index in [1.54, 1.807) is 7.11 Å². The van der Waals surface area contributed by atoms with Crippen LogP contribution in [-0.4, -0.2) is 61.9 Å². The van der Waals surface area contributed by atoms with Gasteiger partial charge in [-0.05, 0) is 12.5 Å². The van der Waals surface area contributed by atoms with Crippen molar-refractivity contribution in [2.24, 2.45) is 0 Å². The Morgan fingerprint density at radius 3 is 3.13 bits per heavy atom. The lowest BCUT2D eigenvalue weighted by atomic mass is 9.97. The quantitative estimate of drug-likeness (QED) is 0.809. The molecule has 23 heavy (non-hydrogen) atoms. The fourth-order valence-electron chi connectivity index (χ4n) is 3.22. The fourth-order valence-corrected chi connectivity index (χ4v) is 3.22. The highest BCUT2D eigenvalue weighted by molar-refractivity contribution is 5.77. The Labute approximate surface area is 136 Å². The average Bonchev–Trinajstić information content (AvgIpc) is 3.13. The van der Waals surface area contributed by atoms with Crippen molar-refractivity contribution in [2.45, 2.75) is 24.9 Å². The first-order valence-corrected chi connectivity index (χ1v) is 8.13. The van der Waals surface area contributed by atoms with Crippen LogP contribution in [0.15, 0.2) is 18.2 Å². The first-order valence-electron chi connectivity index (χ1n) is 8.13. The van der Waals surface area contributed by atoms with E-state index in [2.05, 4.69) is 10.2 Å². The zero-order chi connectivity index (χ0) is 16.2. The number of nitrogens with zero attached hydrogens (tertiary/aromatic N) is 1. The van der Waals surface area contributed by atoms with Gasteiger partial charge in [-0.1, -0.05) is 6.07 Å². The lowest BCUT2D eigenvalue weighted by Gasteiger charge is -2.15. The van der Waals surface area contributed by atoms with Crippen molar-refractivity contribution in [3.63, 3.8) is 0 Å². The summed E-state index contributed by atoms with van der Waals surface area (Å²) in [4.78, 5) is 14.3. The first-order chi connectivity index (χ1) is 11.2. The lowest BCUT2D eigenvalue weighted by molar-refractivity contribution is -0.121. The molecule has 126 valence electrons. The van der Waals surface area contributed by atoms with E-state index < -0.39 is 0 Å². The molecule has 0 spiro atoms. The Hall–Kier alpha value is -1.79. The van der Waals surface area contributed by atoms with E-state index in [0.29, 0.717) is 26.1 Å². The number of benzene rings is 1. The molecule has 1 fully saturated rings. The maximum atomic E-state index is 12.1. The number of carbonyl (C=O) groups is 1. The normalized spacial score (nSPS) is 23.4. The van der Waals surface area contributed by atoms with Gasteiger partial charge in [0.05, 0.1) is 19.8 Å². The van der Waals surface area contributed by atoms with Crippen LogP contribution in [0, 0.1) is 0 Å². The third-order valence-corrected chi connectivity index (χ3v) is 4.53. The molecule has 2 aliphatic heterocycles. The van der Waals surface area contributed by atoms with Gasteiger partial charge in [-0.3, -0.25) is 9.69 Å². The number of carbonyl (C=O) groups excluding carboxylic acids is 1. The Balaban J connectivity index is 1.44. The van der Waals surface area contributed by atoms with Gasteiger partial charge in [0.2, 0.25) is 5.91 Å². The van der Waals surface area contributed by atoms with Gasteiger partial charge in [-0.2, -0.15) is 0 Å². The molecule has 1 saturated heterocycles. The highest BCUT2D eigenvalue weighted by Gasteiger charge is 2.27. The van der Waals surface area contributed by atoms with Crippen molar-refractivity contribution in [2.75, 3.05) is 39.9 Å². The predicted molar refractivity (Wildman–Crippen MR) is 85.9 cm³/mol. The predicted octanol–water partition coefficient (Wildman–Crippen LogP) is 0.744.